The fourth-order valence-electron chi connectivity index (χ4n) is 3.51. The van der Waals surface area contributed by atoms with E-state index in [1.807, 2.05) is 0 Å². The van der Waals surface area contributed by atoms with Gasteiger partial charge in [-0.05, 0) is 30.7 Å². The number of nitrogens with two attached hydrogens (primary N) is 1. The zero-order valence-corrected chi connectivity index (χ0v) is 11.4. The van der Waals surface area contributed by atoms with Crippen molar-refractivity contribution in [2.75, 3.05) is 6.54 Å². The van der Waals surface area contributed by atoms with Crippen LogP contribution in [0.25, 0.3) is 0 Å². The van der Waals surface area contributed by atoms with E-state index in [-0.39, 0.29) is 5.41 Å². The van der Waals surface area contributed by atoms with Crippen LogP contribution in [0.3, 0.4) is 0 Å². The van der Waals surface area contributed by atoms with Crippen molar-refractivity contribution in [1.82, 2.24) is 0 Å². The van der Waals surface area contributed by atoms with Gasteiger partial charge in [0.1, 0.15) is 0 Å². The third-order valence-electron chi connectivity index (χ3n) is 4.98. The lowest BCUT2D eigenvalue weighted by molar-refractivity contribution is 0.0183. The second-order valence-corrected chi connectivity index (χ2v) is 5.91. The van der Waals surface area contributed by atoms with E-state index < -0.39 is 0 Å². The first-order chi connectivity index (χ1) is 8.10. The molecular formula is C16H25N. The van der Waals surface area contributed by atoms with Gasteiger partial charge in [-0.1, -0.05) is 56.5 Å². The Morgan fingerprint density at radius 3 is 2.00 bits per heavy atom. The Balaban J connectivity index is 2.22. The molecule has 1 heteroatoms. The van der Waals surface area contributed by atoms with Crippen molar-refractivity contribution in [2.45, 2.75) is 51.9 Å². The zero-order valence-electron chi connectivity index (χ0n) is 11.4. The molecule has 0 saturated heterocycles. The van der Waals surface area contributed by atoms with E-state index in [1.54, 1.807) is 0 Å². The average Bonchev–Trinajstić information content (AvgIpc) is 2.32. The Bertz CT molecular complexity index is 365. The van der Waals surface area contributed by atoms with Gasteiger partial charge in [0.15, 0.2) is 0 Å². The molecule has 2 N–H and O–H groups in total. The Hall–Kier alpha value is -0.820. The summed E-state index contributed by atoms with van der Waals surface area (Å²) in [6, 6.07) is 8.98. The van der Waals surface area contributed by atoms with Crippen LogP contribution in [-0.4, -0.2) is 6.54 Å². The number of hydrogen-bond acceptors (Lipinski definition) is 1. The van der Waals surface area contributed by atoms with Crippen LogP contribution in [0.2, 0.25) is 0 Å². The molecule has 94 valence electrons. The minimum Gasteiger partial charge on any atom is -0.330 e. The number of aryl methyl sites for hydroxylation is 1. The molecule has 1 aromatic carbocycles. The van der Waals surface area contributed by atoms with Crippen LogP contribution in [0.1, 0.15) is 50.7 Å². The van der Waals surface area contributed by atoms with Crippen LogP contribution in [0.4, 0.5) is 0 Å². The number of rotatable bonds is 4. The van der Waals surface area contributed by atoms with E-state index in [0.29, 0.717) is 5.41 Å². The van der Waals surface area contributed by atoms with Crippen molar-refractivity contribution >= 4 is 0 Å². The fourth-order valence-corrected chi connectivity index (χ4v) is 3.51. The summed E-state index contributed by atoms with van der Waals surface area (Å²) in [5.41, 5.74) is 9.67. The summed E-state index contributed by atoms with van der Waals surface area (Å²) < 4.78 is 0. The molecule has 0 atom stereocenters. The highest BCUT2D eigenvalue weighted by atomic mass is 14.7. The van der Waals surface area contributed by atoms with Gasteiger partial charge in [0.05, 0.1) is 0 Å². The van der Waals surface area contributed by atoms with Crippen LogP contribution in [0.15, 0.2) is 24.3 Å². The smallest absolute Gasteiger partial charge is 0.00861 e. The molecule has 1 aliphatic rings. The van der Waals surface area contributed by atoms with Crippen molar-refractivity contribution in [2.24, 2.45) is 11.1 Å². The van der Waals surface area contributed by atoms with Crippen molar-refractivity contribution in [1.29, 1.82) is 0 Å². The van der Waals surface area contributed by atoms with E-state index >= 15 is 0 Å². The van der Waals surface area contributed by atoms with Crippen LogP contribution in [-0.2, 0) is 5.41 Å². The van der Waals surface area contributed by atoms with Crippen molar-refractivity contribution in [3.05, 3.63) is 35.4 Å². The van der Waals surface area contributed by atoms with E-state index in [0.717, 1.165) is 6.54 Å². The molecule has 17 heavy (non-hydrogen) atoms. The highest BCUT2D eigenvalue weighted by molar-refractivity contribution is 5.33. The minimum absolute atomic E-state index is 0.264. The van der Waals surface area contributed by atoms with Gasteiger partial charge in [0, 0.05) is 12.0 Å². The molecule has 0 aromatic heterocycles. The van der Waals surface area contributed by atoms with E-state index in [4.69, 9.17) is 5.73 Å². The second-order valence-electron chi connectivity index (χ2n) is 5.91. The summed E-state index contributed by atoms with van der Waals surface area (Å²) in [6.07, 6.45) is 5.12. The van der Waals surface area contributed by atoms with Gasteiger partial charge in [-0.3, -0.25) is 0 Å². The minimum atomic E-state index is 0.264. The van der Waals surface area contributed by atoms with Gasteiger partial charge in [-0.15, -0.1) is 0 Å². The molecule has 1 saturated carbocycles. The normalized spacial score (nSPS) is 20.9. The summed E-state index contributed by atoms with van der Waals surface area (Å²) in [4.78, 5) is 0. The lowest BCUT2D eigenvalue weighted by Crippen LogP contribution is -2.53. The Labute approximate surface area is 105 Å². The number of hydrogen-bond donors (Lipinski definition) is 1. The molecular weight excluding hydrogens is 206 g/mol. The van der Waals surface area contributed by atoms with Gasteiger partial charge < -0.3 is 5.73 Å². The molecule has 2 rings (SSSR count). The largest absolute Gasteiger partial charge is 0.330 e. The molecule has 0 radical (unpaired) electrons. The fraction of sp³-hybridized carbons (Fsp3) is 0.625. The molecule has 1 aromatic rings. The quantitative estimate of drug-likeness (QED) is 0.838. The first kappa shape index (κ1) is 12.6. The van der Waals surface area contributed by atoms with Crippen LogP contribution in [0, 0.1) is 12.3 Å². The lowest BCUT2D eigenvalue weighted by Gasteiger charge is -2.56. The maximum absolute atomic E-state index is 6.07. The molecule has 0 amide bonds. The van der Waals surface area contributed by atoms with Gasteiger partial charge >= 0.3 is 0 Å². The standard InChI is InChI=1S/C16H25N/c1-4-15(5-2)10-16(11-15,12-17)14-8-6-13(3)7-9-14/h6-9H,4-5,10-12,17H2,1-3H3. The van der Waals surface area contributed by atoms with Crippen LogP contribution in [0.5, 0.6) is 0 Å². The maximum atomic E-state index is 6.07. The van der Waals surface area contributed by atoms with Gasteiger partial charge in [0.2, 0.25) is 0 Å². The molecule has 1 aliphatic carbocycles. The van der Waals surface area contributed by atoms with Crippen molar-refractivity contribution in [3.63, 3.8) is 0 Å². The summed E-state index contributed by atoms with van der Waals surface area (Å²) in [5.74, 6) is 0. The molecule has 0 aliphatic heterocycles. The SMILES string of the molecule is CCC1(CC)CC(CN)(c2ccc(C)cc2)C1. The Morgan fingerprint density at radius 2 is 1.59 bits per heavy atom. The molecule has 1 nitrogen and oxygen atoms in total. The van der Waals surface area contributed by atoms with Crippen LogP contribution < -0.4 is 5.73 Å². The highest BCUT2D eigenvalue weighted by Gasteiger charge is 2.52. The molecule has 0 unspecified atom stereocenters. The predicted octanol–water partition coefficient (Wildman–Crippen LogP) is 3.79. The molecule has 0 heterocycles. The molecule has 1 fully saturated rings. The van der Waals surface area contributed by atoms with E-state index in [1.165, 1.54) is 36.8 Å². The highest BCUT2D eigenvalue weighted by Crippen LogP contribution is 2.58. The van der Waals surface area contributed by atoms with Crippen LogP contribution >= 0.6 is 0 Å². The Kier molecular flexibility index (Phi) is 3.31. The molecule has 0 spiro atoms. The summed E-state index contributed by atoms with van der Waals surface area (Å²) >= 11 is 0. The topological polar surface area (TPSA) is 26.0 Å². The maximum Gasteiger partial charge on any atom is 0.00861 e. The molecule has 0 bridgehead atoms. The first-order valence-corrected chi connectivity index (χ1v) is 6.87. The lowest BCUT2D eigenvalue weighted by atomic mass is 9.48. The zero-order chi connectivity index (χ0) is 12.5. The monoisotopic (exact) mass is 231 g/mol. The average molecular weight is 231 g/mol. The summed E-state index contributed by atoms with van der Waals surface area (Å²) in [7, 11) is 0. The third-order valence-corrected chi connectivity index (χ3v) is 4.98. The Morgan fingerprint density at radius 1 is 1.06 bits per heavy atom. The van der Waals surface area contributed by atoms with E-state index in [9.17, 15) is 0 Å². The van der Waals surface area contributed by atoms with Crippen molar-refractivity contribution in [3.8, 4) is 0 Å². The second kappa shape index (κ2) is 4.45. The van der Waals surface area contributed by atoms with Gasteiger partial charge in [-0.2, -0.15) is 0 Å². The summed E-state index contributed by atoms with van der Waals surface area (Å²) in [5, 5.41) is 0. The van der Waals surface area contributed by atoms with Crippen molar-refractivity contribution < 1.29 is 0 Å². The van der Waals surface area contributed by atoms with Gasteiger partial charge in [0.25, 0.3) is 0 Å². The predicted molar refractivity (Wildman–Crippen MR) is 74.2 cm³/mol. The summed E-state index contributed by atoms with van der Waals surface area (Å²) in [6.45, 7) is 7.57. The first-order valence-electron chi connectivity index (χ1n) is 6.87. The van der Waals surface area contributed by atoms with E-state index in [2.05, 4.69) is 45.0 Å². The third kappa shape index (κ3) is 2.01. The van der Waals surface area contributed by atoms with Gasteiger partial charge in [-0.25, -0.2) is 0 Å². The number of benzene rings is 1.